The number of amides is 2. The number of ether oxygens (including phenoxy) is 1. The van der Waals surface area contributed by atoms with Crippen molar-refractivity contribution >= 4 is 12.0 Å². The summed E-state index contributed by atoms with van der Waals surface area (Å²) in [5.41, 5.74) is 0. The van der Waals surface area contributed by atoms with E-state index in [0.29, 0.717) is 26.1 Å². The molecule has 2 aliphatic heterocycles. The standard InChI is InChI=1S/C9H14N2O4/c12-7-1-2-10(5-7)6-8(13)11-3-4-15-9(11)14/h7,12H,1-6H2/t7-/m1/s1. The third kappa shape index (κ3) is 2.27. The molecule has 2 aliphatic rings. The van der Waals surface area contributed by atoms with Crippen LogP contribution in [0.4, 0.5) is 4.79 Å². The number of aliphatic hydroxyl groups excluding tert-OH is 1. The van der Waals surface area contributed by atoms with Gasteiger partial charge in [-0.25, -0.2) is 9.69 Å². The van der Waals surface area contributed by atoms with Gasteiger partial charge in [-0.3, -0.25) is 9.69 Å². The van der Waals surface area contributed by atoms with Crippen LogP contribution in [-0.2, 0) is 9.53 Å². The molecule has 0 unspecified atom stereocenters. The second kappa shape index (κ2) is 4.16. The molecule has 0 aromatic rings. The van der Waals surface area contributed by atoms with E-state index in [0.717, 1.165) is 4.90 Å². The zero-order chi connectivity index (χ0) is 10.8. The van der Waals surface area contributed by atoms with Crippen LogP contribution in [0.1, 0.15) is 6.42 Å². The highest BCUT2D eigenvalue weighted by molar-refractivity contribution is 5.94. The maximum Gasteiger partial charge on any atom is 0.416 e. The van der Waals surface area contributed by atoms with E-state index in [1.54, 1.807) is 0 Å². The Bertz CT molecular complexity index is 281. The quantitative estimate of drug-likeness (QED) is 0.640. The molecule has 0 saturated carbocycles. The lowest BCUT2D eigenvalue weighted by Crippen LogP contribution is -2.40. The lowest BCUT2D eigenvalue weighted by Gasteiger charge is -2.17. The number of hydrogen-bond acceptors (Lipinski definition) is 5. The maximum absolute atomic E-state index is 11.6. The summed E-state index contributed by atoms with van der Waals surface area (Å²) in [4.78, 5) is 25.7. The Hall–Kier alpha value is -1.14. The third-order valence-electron chi connectivity index (χ3n) is 2.67. The summed E-state index contributed by atoms with van der Waals surface area (Å²) in [5.74, 6) is -0.244. The zero-order valence-corrected chi connectivity index (χ0v) is 8.39. The summed E-state index contributed by atoms with van der Waals surface area (Å²) >= 11 is 0. The second-order valence-electron chi connectivity index (χ2n) is 3.84. The van der Waals surface area contributed by atoms with E-state index in [-0.39, 0.29) is 25.2 Å². The van der Waals surface area contributed by atoms with Crippen molar-refractivity contribution in [1.82, 2.24) is 9.80 Å². The molecule has 15 heavy (non-hydrogen) atoms. The van der Waals surface area contributed by atoms with Gasteiger partial charge in [-0.15, -0.1) is 0 Å². The summed E-state index contributed by atoms with van der Waals surface area (Å²) < 4.78 is 4.67. The van der Waals surface area contributed by atoms with E-state index in [2.05, 4.69) is 4.74 Å². The van der Waals surface area contributed by atoms with Crippen LogP contribution in [0.25, 0.3) is 0 Å². The van der Waals surface area contributed by atoms with Crippen molar-refractivity contribution in [3.05, 3.63) is 0 Å². The minimum atomic E-state index is -0.556. The van der Waals surface area contributed by atoms with Gasteiger partial charge in [0.05, 0.1) is 19.2 Å². The lowest BCUT2D eigenvalue weighted by atomic mass is 10.3. The van der Waals surface area contributed by atoms with Crippen LogP contribution >= 0.6 is 0 Å². The average Bonchev–Trinajstić information content (AvgIpc) is 2.75. The molecule has 6 nitrogen and oxygen atoms in total. The van der Waals surface area contributed by atoms with Gasteiger partial charge in [-0.2, -0.15) is 0 Å². The topological polar surface area (TPSA) is 70.1 Å². The predicted molar refractivity (Wildman–Crippen MR) is 50.1 cm³/mol. The van der Waals surface area contributed by atoms with E-state index in [1.807, 2.05) is 4.90 Å². The number of carbonyl (C=O) groups is 2. The van der Waals surface area contributed by atoms with Gasteiger partial charge >= 0.3 is 6.09 Å². The molecule has 0 aliphatic carbocycles. The van der Waals surface area contributed by atoms with Gasteiger partial charge < -0.3 is 9.84 Å². The molecule has 0 aromatic heterocycles. The van der Waals surface area contributed by atoms with Gasteiger partial charge in [0, 0.05) is 13.1 Å². The van der Waals surface area contributed by atoms with Crippen LogP contribution in [0.15, 0.2) is 0 Å². The molecule has 0 radical (unpaired) electrons. The van der Waals surface area contributed by atoms with E-state index < -0.39 is 6.09 Å². The van der Waals surface area contributed by atoms with Gasteiger partial charge in [0.1, 0.15) is 6.61 Å². The van der Waals surface area contributed by atoms with Gasteiger partial charge in [0.2, 0.25) is 5.91 Å². The molecule has 0 aromatic carbocycles. The Balaban J connectivity index is 1.84. The summed E-state index contributed by atoms with van der Waals surface area (Å²) in [7, 11) is 0. The number of cyclic esters (lactones) is 1. The first-order valence-electron chi connectivity index (χ1n) is 5.04. The van der Waals surface area contributed by atoms with Crippen molar-refractivity contribution in [3.8, 4) is 0 Å². The summed E-state index contributed by atoms with van der Waals surface area (Å²) in [6, 6.07) is 0. The fourth-order valence-electron chi connectivity index (χ4n) is 1.85. The first kappa shape index (κ1) is 10.4. The monoisotopic (exact) mass is 214 g/mol. The van der Waals surface area contributed by atoms with Crippen LogP contribution in [0.5, 0.6) is 0 Å². The normalized spacial score (nSPS) is 27.1. The number of carbonyl (C=O) groups excluding carboxylic acids is 2. The Morgan fingerprint density at radius 3 is 2.87 bits per heavy atom. The molecule has 2 rings (SSSR count). The molecule has 0 bridgehead atoms. The molecule has 2 amide bonds. The molecule has 1 atom stereocenters. The highest BCUT2D eigenvalue weighted by atomic mass is 16.6. The number of hydrogen-bond donors (Lipinski definition) is 1. The van der Waals surface area contributed by atoms with Crippen molar-refractivity contribution in [3.63, 3.8) is 0 Å². The molecule has 6 heteroatoms. The fraction of sp³-hybridized carbons (Fsp3) is 0.778. The van der Waals surface area contributed by atoms with Crippen molar-refractivity contribution in [2.45, 2.75) is 12.5 Å². The minimum Gasteiger partial charge on any atom is -0.447 e. The molecular weight excluding hydrogens is 200 g/mol. The fourth-order valence-corrected chi connectivity index (χ4v) is 1.85. The molecular formula is C9H14N2O4. The molecule has 84 valence electrons. The second-order valence-corrected chi connectivity index (χ2v) is 3.84. The number of nitrogens with zero attached hydrogens (tertiary/aromatic N) is 2. The Labute approximate surface area is 87.4 Å². The highest BCUT2D eigenvalue weighted by Crippen LogP contribution is 2.10. The molecule has 1 N–H and O–H groups in total. The lowest BCUT2D eigenvalue weighted by molar-refractivity contribution is -0.128. The first-order chi connectivity index (χ1) is 7.16. The SMILES string of the molecule is O=C(CN1CC[C@@H](O)C1)N1CCOC1=O. The Morgan fingerprint density at radius 2 is 2.33 bits per heavy atom. The summed E-state index contributed by atoms with van der Waals surface area (Å²) in [5, 5.41) is 9.27. The van der Waals surface area contributed by atoms with E-state index >= 15 is 0 Å². The Morgan fingerprint density at radius 1 is 1.53 bits per heavy atom. The van der Waals surface area contributed by atoms with Crippen LogP contribution in [0, 0.1) is 0 Å². The van der Waals surface area contributed by atoms with Crippen molar-refractivity contribution < 1.29 is 19.4 Å². The van der Waals surface area contributed by atoms with Crippen molar-refractivity contribution in [1.29, 1.82) is 0 Å². The van der Waals surface area contributed by atoms with Crippen molar-refractivity contribution in [2.24, 2.45) is 0 Å². The van der Waals surface area contributed by atoms with Gasteiger partial charge in [0.25, 0.3) is 0 Å². The largest absolute Gasteiger partial charge is 0.447 e. The van der Waals surface area contributed by atoms with Gasteiger partial charge in [-0.05, 0) is 6.42 Å². The number of β-amino-alcohol motifs (C(OH)–C–C–N with tert-alkyl or cyclic N) is 1. The van der Waals surface area contributed by atoms with Crippen LogP contribution in [-0.4, -0.2) is 65.8 Å². The highest BCUT2D eigenvalue weighted by Gasteiger charge is 2.31. The van der Waals surface area contributed by atoms with E-state index in [9.17, 15) is 14.7 Å². The number of likely N-dealkylation sites (tertiary alicyclic amines) is 1. The molecule has 2 fully saturated rings. The Kier molecular flexibility index (Phi) is 2.88. The zero-order valence-electron chi connectivity index (χ0n) is 8.39. The first-order valence-corrected chi connectivity index (χ1v) is 5.04. The van der Waals surface area contributed by atoms with Crippen LogP contribution < -0.4 is 0 Å². The predicted octanol–water partition coefficient (Wildman–Crippen LogP) is -0.968. The molecule has 2 saturated heterocycles. The average molecular weight is 214 g/mol. The van der Waals surface area contributed by atoms with Gasteiger partial charge in [-0.1, -0.05) is 0 Å². The van der Waals surface area contributed by atoms with Crippen molar-refractivity contribution in [2.75, 3.05) is 32.8 Å². The number of aliphatic hydroxyl groups is 1. The minimum absolute atomic E-state index is 0.187. The number of imide groups is 1. The number of rotatable bonds is 2. The van der Waals surface area contributed by atoms with Gasteiger partial charge in [0.15, 0.2) is 0 Å². The van der Waals surface area contributed by atoms with Crippen LogP contribution in [0.3, 0.4) is 0 Å². The summed E-state index contributed by atoms with van der Waals surface area (Å²) in [6.07, 6.45) is -0.208. The molecule has 0 spiro atoms. The van der Waals surface area contributed by atoms with E-state index in [1.165, 1.54) is 0 Å². The third-order valence-corrected chi connectivity index (χ3v) is 2.67. The smallest absolute Gasteiger partial charge is 0.416 e. The van der Waals surface area contributed by atoms with E-state index in [4.69, 9.17) is 0 Å². The molecule has 2 heterocycles. The summed E-state index contributed by atoms with van der Waals surface area (Å²) in [6.45, 7) is 2.03. The van der Waals surface area contributed by atoms with Crippen LogP contribution in [0.2, 0.25) is 0 Å². The maximum atomic E-state index is 11.6.